The van der Waals surface area contributed by atoms with Crippen molar-refractivity contribution in [3.63, 3.8) is 0 Å². The molecule has 0 nitrogen and oxygen atoms in total. The summed E-state index contributed by atoms with van der Waals surface area (Å²) in [5.74, 6) is 0.753. The Hall–Kier alpha value is -4.68. The molecular formula is C48H46. The Labute approximate surface area is 287 Å². The van der Waals surface area contributed by atoms with Crippen molar-refractivity contribution in [2.75, 3.05) is 0 Å². The van der Waals surface area contributed by atoms with Crippen LogP contribution in [0.25, 0.3) is 22.3 Å². The lowest BCUT2D eigenvalue weighted by molar-refractivity contribution is 0.656. The van der Waals surface area contributed by atoms with E-state index in [0.717, 1.165) is 32.1 Å². The highest BCUT2D eigenvalue weighted by Gasteiger charge is 2.36. The van der Waals surface area contributed by atoms with Gasteiger partial charge in [-0.1, -0.05) is 159 Å². The average Bonchev–Trinajstić information content (AvgIpc) is 3.37. The smallest absolute Gasteiger partial charge is 0.0159 e. The summed E-state index contributed by atoms with van der Waals surface area (Å²) in [5, 5.41) is 0. The summed E-state index contributed by atoms with van der Waals surface area (Å²) in [4.78, 5) is 0. The third kappa shape index (κ3) is 5.83. The highest BCUT2D eigenvalue weighted by Crippen LogP contribution is 2.51. The Bertz CT molecular complexity index is 2050. The number of hydrogen-bond acceptors (Lipinski definition) is 0. The molecule has 238 valence electrons. The summed E-state index contributed by atoms with van der Waals surface area (Å²) in [6.07, 6.45) is 27.5. The summed E-state index contributed by atoms with van der Waals surface area (Å²) in [6, 6.07) is 33.0. The van der Waals surface area contributed by atoms with Gasteiger partial charge in [-0.2, -0.15) is 0 Å². The first-order chi connectivity index (χ1) is 23.4. The fraction of sp³-hybridized carbons (Fsp3) is 0.250. The molecule has 8 rings (SSSR count). The van der Waals surface area contributed by atoms with E-state index < -0.39 is 0 Å². The third-order valence-corrected chi connectivity index (χ3v) is 11.3. The van der Waals surface area contributed by atoms with Gasteiger partial charge in [0, 0.05) is 17.3 Å². The van der Waals surface area contributed by atoms with Crippen LogP contribution in [0, 0.1) is 6.92 Å². The molecule has 0 amide bonds. The van der Waals surface area contributed by atoms with Gasteiger partial charge in [0.25, 0.3) is 0 Å². The summed E-state index contributed by atoms with van der Waals surface area (Å²) in [5.41, 5.74) is 18.4. The van der Waals surface area contributed by atoms with Crippen LogP contribution in [0.2, 0.25) is 0 Å². The average molecular weight is 623 g/mol. The topological polar surface area (TPSA) is 0 Å². The first-order valence-corrected chi connectivity index (χ1v) is 18.0. The van der Waals surface area contributed by atoms with Gasteiger partial charge in [-0.25, -0.2) is 0 Å². The maximum Gasteiger partial charge on any atom is 0.0159 e. The number of rotatable bonds is 7. The van der Waals surface area contributed by atoms with Crippen LogP contribution in [0.1, 0.15) is 97.6 Å². The van der Waals surface area contributed by atoms with Gasteiger partial charge in [0.05, 0.1) is 0 Å². The minimum absolute atomic E-state index is 0.0725. The number of fused-ring (bicyclic) bond motifs is 3. The minimum Gasteiger partial charge on any atom is -0.0842 e. The number of allylic oxidation sites excluding steroid dienone is 12. The van der Waals surface area contributed by atoms with Crippen molar-refractivity contribution in [3.8, 4) is 22.3 Å². The highest BCUT2D eigenvalue weighted by atomic mass is 14.4. The first kappa shape index (κ1) is 30.6. The lowest BCUT2D eigenvalue weighted by Gasteiger charge is -2.26. The van der Waals surface area contributed by atoms with Crippen LogP contribution in [0.5, 0.6) is 0 Å². The molecule has 2 atom stereocenters. The van der Waals surface area contributed by atoms with Crippen molar-refractivity contribution in [1.82, 2.24) is 0 Å². The predicted molar refractivity (Wildman–Crippen MR) is 205 cm³/mol. The van der Waals surface area contributed by atoms with Crippen molar-refractivity contribution in [3.05, 3.63) is 190 Å². The van der Waals surface area contributed by atoms with Gasteiger partial charge in [-0.3, -0.25) is 0 Å². The molecule has 2 unspecified atom stereocenters. The van der Waals surface area contributed by atoms with E-state index in [-0.39, 0.29) is 5.41 Å². The van der Waals surface area contributed by atoms with Crippen molar-refractivity contribution in [2.45, 2.75) is 76.5 Å². The lowest BCUT2D eigenvalue weighted by Crippen LogP contribution is -2.16. The molecule has 0 bridgehead atoms. The molecule has 0 saturated carbocycles. The summed E-state index contributed by atoms with van der Waals surface area (Å²) >= 11 is 0. The van der Waals surface area contributed by atoms with Gasteiger partial charge in [0.15, 0.2) is 0 Å². The quantitative estimate of drug-likeness (QED) is 0.192. The van der Waals surface area contributed by atoms with Gasteiger partial charge >= 0.3 is 0 Å². The van der Waals surface area contributed by atoms with Crippen LogP contribution in [0.4, 0.5) is 0 Å². The van der Waals surface area contributed by atoms with Gasteiger partial charge in [-0.05, 0) is 113 Å². The Balaban J connectivity index is 1.16. The molecule has 0 fully saturated rings. The van der Waals surface area contributed by atoms with Gasteiger partial charge in [0.1, 0.15) is 0 Å². The molecule has 0 spiro atoms. The molecule has 0 aliphatic heterocycles. The van der Waals surface area contributed by atoms with Crippen LogP contribution >= 0.6 is 0 Å². The second kappa shape index (κ2) is 12.7. The summed E-state index contributed by atoms with van der Waals surface area (Å²) in [7, 11) is 0. The normalized spacial score (nSPS) is 19.6. The molecule has 0 aromatic heterocycles. The number of benzene rings is 4. The van der Waals surface area contributed by atoms with Crippen molar-refractivity contribution >= 4 is 0 Å². The zero-order valence-electron chi connectivity index (χ0n) is 28.7. The Morgan fingerprint density at radius 3 is 2.19 bits per heavy atom. The van der Waals surface area contributed by atoms with E-state index in [1.807, 2.05) is 0 Å². The molecule has 4 aliphatic carbocycles. The van der Waals surface area contributed by atoms with Gasteiger partial charge in [0.2, 0.25) is 0 Å². The van der Waals surface area contributed by atoms with Crippen LogP contribution in [-0.2, 0) is 5.41 Å². The molecule has 0 heteroatoms. The maximum absolute atomic E-state index is 2.56. The third-order valence-electron chi connectivity index (χ3n) is 11.3. The van der Waals surface area contributed by atoms with E-state index in [0.29, 0.717) is 11.8 Å². The highest BCUT2D eigenvalue weighted by molar-refractivity contribution is 5.84. The molecular weight excluding hydrogens is 577 g/mol. The fourth-order valence-corrected chi connectivity index (χ4v) is 8.41. The summed E-state index contributed by atoms with van der Waals surface area (Å²) in [6.45, 7) is 7.00. The fourth-order valence-electron chi connectivity index (χ4n) is 8.41. The van der Waals surface area contributed by atoms with Crippen molar-refractivity contribution in [1.29, 1.82) is 0 Å². The van der Waals surface area contributed by atoms with Gasteiger partial charge < -0.3 is 0 Å². The van der Waals surface area contributed by atoms with Crippen LogP contribution < -0.4 is 0 Å². The zero-order chi connectivity index (χ0) is 32.7. The van der Waals surface area contributed by atoms with Crippen molar-refractivity contribution in [2.24, 2.45) is 0 Å². The Kier molecular flexibility index (Phi) is 8.13. The number of hydrogen-bond donors (Lipinski definition) is 0. The molecule has 4 aromatic rings. The van der Waals surface area contributed by atoms with E-state index in [1.165, 1.54) is 73.2 Å². The standard InChI is InChI=1S/C48H46/c1-33-17-21-38(22-18-33)40-25-27-43-44-28-26-42(32-47(44)48(2,3)46(43)31-40)45(41-16-10-15-39(30-41)36-13-8-5-9-14-36)29-34-19-23-37(24-20-34)35-11-6-4-7-12-35/h4-6,8-11,13,15-19,21-23,25-28,30-32,36,45H,7,12,14,20,24,29H2,1-3H3. The van der Waals surface area contributed by atoms with E-state index in [1.54, 1.807) is 5.57 Å². The van der Waals surface area contributed by atoms with Crippen molar-refractivity contribution < 1.29 is 0 Å². The Morgan fingerprint density at radius 2 is 1.44 bits per heavy atom. The molecule has 0 radical (unpaired) electrons. The zero-order valence-corrected chi connectivity index (χ0v) is 28.7. The molecule has 4 aromatic carbocycles. The second-order valence-corrected chi connectivity index (χ2v) is 14.8. The first-order valence-electron chi connectivity index (χ1n) is 18.0. The summed E-state index contributed by atoms with van der Waals surface area (Å²) < 4.78 is 0. The Morgan fingerprint density at radius 1 is 0.667 bits per heavy atom. The van der Waals surface area contributed by atoms with E-state index in [4.69, 9.17) is 0 Å². The van der Waals surface area contributed by atoms with Crippen LogP contribution in [0.15, 0.2) is 156 Å². The molecule has 0 N–H and O–H groups in total. The minimum atomic E-state index is -0.0725. The van der Waals surface area contributed by atoms with E-state index in [9.17, 15) is 0 Å². The maximum atomic E-state index is 2.56. The lowest BCUT2D eigenvalue weighted by atomic mass is 9.77. The second-order valence-electron chi connectivity index (χ2n) is 14.8. The van der Waals surface area contributed by atoms with Crippen LogP contribution in [-0.4, -0.2) is 0 Å². The van der Waals surface area contributed by atoms with Crippen LogP contribution in [0.3, 0.4) is 0 Å². The molecule has 48 heavy (non-hydrogen) atoms. The number of aryl methyl sites for hydroxylation is 1. The van der Waals surface area contributed by atoms with E-state index in [2.05, 4.69) is 160 Å². The molecule has 0 saturated heterocycles. The molecule has 4 aliphatic rings. The monoisotopic (exact) mass is 622 g/mol. The predicted octanol–water partition coefficient (Wildman–Crippen LogP) is 13.0. The molecule has 0 heterocycles. The largest absolute Gasteiger partial charge is 0.0842 e. The van der Waals surface area contributed by atoms with E-state index >= 15 is 0 Å². The SMILES string of the molecule is Cc1ccc(-c2ccc3c(c2)C(C)(C)c2cc(C(CC4=CC=C(C5=CC=CCC5)CC4)c4cccc(C5C=CC=CC5)c4)ccc2-3)cc1. The van der Waals surface area contributed by atoms with Gasteiger partial charge in [-0.15, -0.1) is 0 Å².